The molecule has 26 heavy (non-hydrogen) atoms. The van der Waals surface area contributed by atoms with Gasteiger partial charge in [0.25, 0.3) is 0 Å². The number of hydrogen-bond acceptors (Lipinski definition) is 5. The summed E-state index contributed by atoms with van der Waals surface area (Å²) < 4.78 is 10.6. The summed E-state index contributed by atoms with van der Waals surface area (Å²) >= 11 is 0. The molecule has 7 heteroatoms. The molecule has 2 N–H and O–H groups in total. The van der Waals surface area contributed by atoms with Crippen LogP contribution in [0.25, 0.3) is 11.3 Å². The second kappa shape index (κ2) is 7.86. The van der Waals surface area contributed by atoms with Crippen molar-refractivity contribution in [3.05, 3.63) is 36.4 Å². The Labute approximate surface area is 151 Å². The molecule has 1 fully saturated rings. The van der Waals surface area contributed by atoms with Crippen LogP contribution >= 0.6 is 0 Å². The van der Waals surface area contributed by atoms with Gasteiger partial charge in [0.1, 0.15) is 17.3 Å². The van der Waals surface area contributed by atoms with E-state index in [2.05, 4.69) is 15.6 Å². The molecule has 1 atom stereocenters. The molecule has 2 heterocycles. The zero-order valence-electron chi connectivity index (χ0n) is 14.7. The van der Waals surface area contributed by atoms with E-state index in [1.807, 2.05) is 24.3 Å². The maximum atomic E-state index is 12.4. The van der Waals surface area contributed by atoms with E-state index < -0.39 is 0 Å². The summed E-state index contributed by atoms with van der Waals surface area (Å²) in [4.78, 5) is 28.4. The maximum Gasteiger partial charge on any atom is 0.229 e. The Bertz CT molecular complexity index is 800. The van der Waals surface area contributed by atoms with Gasteiger partial charge in [0.15, 0.2) is 0 Å². The lowest BCUT2D eigenvalue weighted by molar-refractivity contribution is -0.129. The van der Waals surface area contributed by atoms with Gasteiger partial charge in [0.2, 0.25) is 11.8 Å². The number of benzene rings is 1. The topological polar surface area (TPSA) is 89.5 Å². The SMILES string of the molecule is COc1cc(OC)cc(-c2cccc(NC(=O)C3CCNC(=O)C3)n2)c1. The van der Waals surface area contributed by atoms with Crippen LogP contribution < -0.4 is 20.1 Å². The van der Waals surface area contributed by atoms with Crippen LogP contribution in [-0.2, 0) is 9.59 Å². The van der Waals surface area contributed by atoms with E-state index in [-0.39, 0.29) is 24.2 Å². The van der Waals surface area contributed by atoms with E-state index in [0.29, 0.717) is 36.0 Å². The van der Waals surface area contributed by atoms with Crippen LogP contribution in [-0.4, -0.2) is 37.6 Å². The predicted octanol–water partition coefficient (Wildman–Crippen LogP) is 2.23. The first-order chi connectivity index (χ1) is 12.6. The summed E-state index contributed by atoms with van der Waals surface area (Å²) in [5, 5.41) is 5.53. The summed E-state index contributed by atoms with van der Waals surface area (Å²) in [7, 11) is 3.17. The van der Waals surface area contributed by atoms with Crippen LogP contribution in [0.4, 0.5) is 5.82 Å². The molecule has 0 aliphatic carbocycles. The average molecular weight is 355 g/mol. The van der Waals surface area contributed by atoms with Gasteiger partial charge in [0, 0.05) is 30.5 Å². The second-order valence-corrected chi connectivity index (χ2v) is 6.04. The van der Waals surface area contributed by atoms with Gasteiger partial charge in [-0.25, -0.2) is 4.98 Å². The van der Waals surface area contributed by atoms with E-state index in [4.69, 9.17) is 9.47 Å². The number of pyridine rings is 1. The van der Waals surface area contributed by atoms with Crippen LogP contribution in [0.1, 0.15) is 12.8 Å². The van der Waals surface area contributed by atoms with Crippen molar-refractivity contribution in [2.75, 3.05) is 26.1 Å². The molecule has 7 nitrogen and oxygen atoms in total. The van der Waals surface area contributed by atoms with Crippen molar-refractivity contribution in [3.63, 3.8) is 0 Å². The van der Waals surface area contributed by atoms with Crippen LogP contribution in [0.15, 0.2) is 36.4 Å². The van der Waals surface area contributed by atoms with Crippen molar-refractivity contribution in [1.29, 1.82) is 0 Å². The minimum absolute atomic E-state index is 0.0958. The number of ether oxygens (including phenoxy) is 2. The van der Waals surface area contributed by atoms with Crippen molar-refractivity contribution >= 4 is 17.6 Å². The highest BCUT2D eigenvalue weighted by atomic mass is 16.5. The number of carbonyl (C=O) groups excluding carboxylic acids is 2. The standard InChI is InChI=1S/C19H21N3O4/c1-25-14-8-13(9-15(11-14)26-2)16-4-3-5-17(21-16)22-19(24)12-6-7-20-18(23)10-12/h3-5,8-9,11-12H,6-7,10H2,1-2H3,(H,20,23)(H,21,22,24). The number of piperidine rings is 1. The first kappa shape index (κ1) is 17.7. The molecule has 1 aliphatic heterocycles. The summed E-state index contributed by atoms with van der Waals surface area (Å²) in [6, 6.07) is 10.9. The van der Waals surface area contributed by atoms with Gasteiger partial charge in [-0.2, -0.15) is 0 Å². The summed E-state index contributed by atoms with van der Waals surface area (Å²) in [5.41, 5.74) is 1.50. The number of anilines is 1. The number of aromatic nitrogens is 1. The van der Waals surface area contributed by atoms with E-state index in [1.165, 1.54) is 0 Å². The molecule has 1 unspecified atom stereocenters. The second-order valence-electron chi connectivity index (χ2n) is 6.04. The van der Waals surface area contributed by atoms with E-state index >= 15 is 0 Å². The third kappa shape index (κ3) is 4.11. The third-order valence-corrected chi connectivity index (χ3v) is 4.27. The van der Waals surface area contributed by atoms with Crippen molar-refractivity contribution in [1.82, 2.24) is 10.3 Å². The number of amides is 2. The summed E-state index contributed by atoms with van der Waals surface area (Å²) in [5.74, 6) is 1.15. The average Bonchev–Trinajstić information content (AvgIpc) is 2.67. The van der Waals surface area contributed by atoms with Crippen LogP contribution in [0.5, 0.6) is 11.5 Å². The molecular weight excluding hydrogens is 334 g/mol. The lowest BCUT2D eigenvalue weighted by atomic mass is 9.97. The molecular formula is C19H21N3O4. The van der Waals surface area contributed by atoms with E-state index in [9.17, 15) is 9.59 Å². The fourth-order valence-electron chi connectivity index (χ4n) is 2.86. The van der Waals surface area contributed by atoms with Crippen LogP contribution in [0.3, 0.4) is 0 Å². The van der Waals surface area contributed by atoms with Gasteiger partial charge in [0.05, 0.1) is 19.9 Å². The molecule has 2 aromatic rings. The molecule has 1 saturated heterocycles. The Kier molecular flexibility index (Phi) is 5.36. The lowest BCUT2D eigenvalue weighted by Crippen LogP contribution is -2.38. The van der Waals surface area contributed by atoms with Crippen LogP contribution in [0, 0.1) is 5.92 Å². The smallest absolute Gasteiger partial charge is 0.229 e. The number of nitrogens with one attached hydrogen (secondary N) is 2. The molecule has 0 bridgehead atoms. The maximum absolute atomic E-state index is 12.4. The number of carbonyl (C=O) groups is 2. The molecule has 0 radical (unpaired) electrons. The lowest BCUT2D eigenvalue weighted by Gasteiger charge is -2.21. The Morgan fingerprint density at radius 1 is 1.19 bits per heavy atom. The normalized spacial score (nSPS) is 16.5. The van der Waals surface area contributed by atoms with Crippen LogP contribution in [0.2, 0.25) is 0 Å². The molecule has 0 spiro atoms. The molecule has 3 rings (SSSR count). The van der Waals surface area contributed by atoms with Gasteiger partial charge < -0.3 is 20.1 Å². The van der Waals surface area contributed by atoms with Gasteiger partial charge >= 0.3 is 0 Å². The highest BCUT2D eigenvalue weighted by Crippen LogP contribution is 2.29. The van der Waals surface area contributed by atoms with Gasteiger partial charge in [-0.15, -0.1) is 0 Å². The number of nitrogens with zero attached hydrogens (tertiary/aromatic N) is 1. The largest absolute Gasteiger partial charge is 0.497 e. The van der Waals surface area contributed by atoms with Crippen molar-refractivity contribution in [2.24, 2.45) is 5.92 Å². The minimum atomic E-state index is -0.328. The quantitative estimate of drug-likeness (QED) is 0.858. The molecule has 136 valence electrons. The summed E-state index contributed by atoms with van der Waals surface area (Å²) in [6.07, 6.45) is 0.836. The Morgan fingerprint density at radius 2 is 1.92 bits per heavy atom. The highest BCUT2D eigenvalue weighted by molar-refractivity contribution is 5.95. The van der Waals surface area contributed by atoms with E-state index in [0.717, 1.165) is 5.56 Å². The Hall–Kier alpha value is -3.09. The Morgan fingerprint density at radius 3 is 2.58 bits per heavy atom. The monoisotopic (exact) mass is 355 g/mol. The zero-order valence-corrected chi connectivity index (χ0v) is 14.7. The molecule has 0 saturated carbocycles. The summed E-state index contributed by atoms with van der Waals surface area (Å²) in [6.45, 7) is 0.522. The first-order valence-corrected chi connectivity index (χ1v) is 8.37. The first-order valence-electron chi connectivity index (χ1n) is 8.37. The van der Waals surface area contributed by atoms with Gasteiger partial charge in [-0.05, 0) is 30.7 Å². The van der Waals surface area contributed by atoms with E-state index in [1.54, 1.807) is 26.4 Å². The molecule has 1 aromatic heterocycles. The molecule has 2 amide bonds. The molecule has 1 aromatic carbocycles. The molecule has 1 aliphatic rings. The van der Waals surface area contributed by atoms with Crippen molar-refractivity contribution < 1.29 is 19.1 Å². The Balaban J connectivity index is 1.80. The van der Waals surface area contributed by atoms with Gasteiger partial charge in [-0.3, -0.25) is 9.59 Å². The fraction of sp³-hybridized carbons (Fsp3) is 0.316. The van der Waals surface area contributed by atoms with Gasteiger partial charge in [-0.1, -0.05) is 6.07 Å². The number of hydrogen-bond donors (Lipinski definition) is 2. The number of methoxy groups -OCH3 is 2. The zero-order chi connectivity index (χ0) is 18.5. The third-order valence-electron chi connectivity index (χ3n) is 4.27. The minimum Gasteiger partial charge on any atom is -0.497 e. The fourth-order valence-corrected chi connectivity index (χ4v) is 2.86. The number of rotatable bonds is 5. The van der Waals surface area contributed by atoms with Crippen molar-refractivity contribution in [2.45, 2.75) is 12.8 Å². The highest BCUT2D eigenvalue weighted by Gasteiger charge is 2.25. The van der Waals surface area contributed by atoms with Crippen molar-refractivity contribution in [3.8, 4) is 22.8 Å². The predicted molar refractivity (Wildman–Crippen MR) is 97.1 cm³/mol.